The molecule has 0 saturated heterocycles. The van der Waals surface area contributed by atoms with Gasteiger partial charge in [-0.25, -0.2) is 0 Å². The predicted molar refractivity (Wildman–Crippen MR) is 149 cm³/mol. The summed E-state index contributed by atoms with van der Waals surface area (Å²) in [5.41, 5.74) is 2.01. The van der Waals surface area contributed by atoms with Crippen molar-refractivity contribution in [2.75, 3.05) is 17.2 Å². The zero-order valence-corrected chi connectivity index (χ0v) is 21.3. The Morgan fingerprint density at radius 1 is 0.833 bits per heavy atom. The van der Waals surface area contributed by atoms with Gasteiger partial charge >= 0.3 is 0 Å². The minimum Gasteiger partial charge on any atom is -0.494 e. The number of carbonyl (C=O) groups excluding carboxylic acids is 2. The quantitative estimate of drug-likeness (QED) is 0.177. The lowest BCUT2D eigenvalue weighted by Gasteiger charge is -2.14. The summed E-state index contributed by atoms with van der Waals surface area (Å²) in [6.45, 7) is 4.68. The molecule has 6 heteroatoms. The minimum absolute atomic E-state index is 0.0924. The summed E-state index contributed by atoms with van der Waals surface area (Å²) < 4.78 is 5.67. The van der Waals surface area contributed by atoms with Gasteiger partial charge in [0.2, 0.25) is 5.91 Å². The molecule has 4 aromatic carbocycles. The van der Waals surface area contributed by atoms with Crippen molar-refractivity contribution in [1.29, 1.82) is 0 Å². The first-order valence-electron chi connectivity index (χ1n) is 12.1. The molecule has 2 amide bonds. The van der Waals surface area contributed by atoms with Crippen LogP contribution in [0.2, 0.25) is 0 Å². The van der Waals surface area contributed by atoms with E-state index in [0.717, 1.165) is 39.9 Å². The van der Waals surface area contributed by atoms with Gasteiger partial charge < -0.3 is 15.4 Å². The van der Waals surface area contributed by atoms with Crippen LogP contribution in [0.3, 0.4) is 0 Å². The van der Waals surface area contributed by atoms with Crippen LogP contribution in [0.4, 0.5) is 11.4 Å². The van der Waals surface area contributed by atoms with Gasteiger partial charge in [0.15, 0.2) is 0 Å². The number of carbonyl (C=O) groups is 2. The molecule has 36 heavy (non-hydrogen) atoms. The largest absolute Gasteiger partial charge is 0.494 e. The fraction of sp³-hybridized carbons (Fsp3) is 0.200. The van der Waals surface area contributed by atoms with E-state index in [2.05, 4.69) is 17.6 Å². The van der Waals surface area contributed by atoms with Crippen molar-refractivity contribution in [2.24, 2.45) is 0 Å². The van der Waals surface area contributed by atoms with Gasteiger partial charge in [-0.3, -0.25) is 9.59 Å². The molecule has 0 bridgehead atoms. The molecule has 0 saturated carbocycles. The van der Waals surface area contributed by atoms with Gasteiger partial charge in [0, 0.05) is 21.8 Å². The Labute approximate surface area is 216 Å². The fourth-order valence-corrected chi connectivity index (χ4v) is 4.58. The van der Waals surface area contributed by atoms with Crippen molar-refractivity contribution in [3.63, 3.8) is 0 Å². The van der Waals surface area contributed by atoms with Crippen LogP contribution in [0.1, 0.15) is 37.0 Å². The maximum Gasteiger partial charge on any atom is 0.255 e. The van der Waals surface area contributed by atoms with Crippen molar-refractivity contribution in [3.8, 4) is 5.75 Å². The van der Waals surface area contributed by atoms with Crippen LogP contribution in [0.15, 0.2) is 95.9 Å². The molecule has 0 radical (unpaired) electrons. The number of nitrogens with one attached hydrogen (secondary N) is 2. The highest BCUT2D eigenvalue weighted by Gasteiger charge is 2.15. The van der Waals surface area contributed by atoms with Crippen molar-refractivity contribution in [1.82, 2.24) is 0 Å². The molecule has 184 valence electrons. The third kappa shape index (κ3) is 6.89. The Morgan fingerprint density at radius 3 is 2.39 bits per heavy atom. The van der Waals surface area contributed by atoms with E-state index in [1.54, 1.807) is 0 Å². The molecule has 1 atom stereocenters. The van der Waals surface area contributed by atoms with Gasteiger partial charge in [0.1, 0.15) is 5.75 Å². The van der Waals surface area contributed by atoms with Crippen LogP contribution in [0.5, 0.6) is 5.75 Å². The first kappa shape index (κ1) is 25.3. The summed E-state index contributed by atoms with van der Waals surface area (Å²) in [7, 11) is 0. The molecule has 4 aromatic rings. The van der Waals surface area contributed by atoms with E-state index < -0.39 is 0 Å². The Hall–Kier alpha value is -3.77. The van der Waals surface area contributed by atoms with Crippen molar-refractivity contribution >= 4 is 45.7 Å². The second-order valence-corrected chi connectivity index (χ2v) is 9.93. The number of fused-ring (bicyclic) bond motifs is 1. The highest BCUT2D eigenvalue weighted by Crippen LogP contribution is 2.27. The summed E-state index contributed by atoms with van der Waals surface area (Å²) in [5, 5.41) is 7.71. The molecule has 0 aromatic heterocycles. The number of thioether (sulfide) groups is 1. The van der Waals surface area contributed by atoms with Crippen molar-refractivity contribution < 1.29 is 14.3 Å². The minimum atomic E-state index is -0.322. The smallest absolute Gasteiger partial charge is 0.255 e. The number of rotatable bonds is 10. The number of ether oxygens (including phenoxy) is 1. The zero-order valence-electron chi connectivity index (χ0n) is 20.5. The standard InChI is InChI=1S/C30H30N2O3S/c1-3-4-18-35-27-16-14-25(15-17-27)31-29(33)21(2)36-28-11-7-10-26(20-28)32-30(34)24-13-12-22-8-5-6-9-23(22)19-24/h5-17,19-21H,3-4,18H2,1-2H3,(H,31,33)(H,32,34). The van der Waals surface area contributed by atoms with Gasteiger partial charge in [0.05, 0.1) is 11.9 Å². The van der Waals surface area contributed by atoms with Crippen LogP contribution in [-0.4, -0.2) is 23.7 Å². The molecular formula is C30H30N2O3S. The molecule has 0 spiro atoms. The Morgan fingerprint density at radius 2 is 1.61 bits per heavy atom. The van der Waals surface area contributed by atoms with E-state index in [9.17, 15) is 9.59 Å². The number of hydrogen-bond acceptors (Lipinski definition) is 4. The average molecular weight is 499 g/mol. The number of anilines is 2. The lowest BCUT2D eigenvalue weighted by molar-refractivity contribution is -0.115. The number of benzene rings is 4. The van der Waals surface area contributed by atoms with Crippen LogP contribution in [0.25, 0.3) is 10.8 Å². The fourth-order valence-electron chi connectivity index (χ4n) is 3.65. The Bertz CT molecular complexity index is 1340. The highest BCUT2D eigenvalue weighted by atomic mass is 32.2. The molecule has 1 unspecified atom stereocenters. The molecule has 0 aliphatic carbocycles. The van der Waals surface area contributed by atoms with E-state index in [1.807, 2.05) is 97.9 Å². The van der Waals surface area contributed by atoms with E-state index in [-0.39, 0.29) is 17.1 Å². The van der Waals surface area contributed by atoms with E-state index >= 15 is 0 Å². The van der Waals surface area contributed by atoms with Crippen LogP contribution >= 0.6 is 11.8 Å². The number of unbranched alkanes of at least 4 members (excludes halogenated alkanes) is 1. The SMILES string of the molecule is CCCCOc1ccc(NC(=O)C(C)Sc2cccc(NC(=O)c3ccc4ccccc4c3)c2)cc1. The first-order chi connectivity index (χ1) is 17.5. The third-order valence-electron chi connectivity index (χ3n) is 5.67. The molecular weight excluding hydrogens is 468 g/mol. The molecule has 5 nitrogen and oxygen atoms in total. The Balaban J connectivity index is 1.33. The van der Waals surface area contributed by atoms with Gasteiger partial charge in [-0.05, 0) is 78.7 Å². The maximum atomic E-state index is 12.8. The van der Waals surface area contributed by atoms with Crippen LogP contribution in [0, 0.1) is 0 Å². The molecule has 0 aliphatic heterocycles. The highest BCUT2D eigenvalue weighted by molar-refractivity contribution is 8.00. The monoisotopic (exact) mass is 498 g/mol. The average Bonchev–Trinajstić information content (AvgIpc) is 2.89. The van der Waals surface area contributed by atoms with Crippen molar-refractivity contribution in [3.05, 3.63) is 96.6 Å². The summed E-state index contributed by atoms with van der Waals surface area (Å²) >= 11 is 1.44. The second kappa shape index (κ2) is 12.3. The van der Waals surface area contributed by atoms with Gasteiger partial charge in [0.25, 0.3) is 5.91 Å². The van der Waals surface area contributed by atoms with E-state index in [1.165, 1.54) is 11.8 Å². The lowest BCUT2D eigenvalue weighted by atomic mass is 10.1. The summed E-state index contributed by atoms with van der Waals surface area (Å²) in [6, 6.07) is 28.6. The maximum absolute atomic E-state index is 12.8. The molecule has 4 rings (SSSR count). The van der Waals surface area contributed by atoms with Crippen LogP contribution in [-0.2, 0) is 4.79 Å². The summed E-state index contributed by atoms with van der Waals surface area (Å²) in [4.78, 5) is 26.4. The van der Waals surface area contributed by atoms with Crippen LogP contribution < -0.4 is 15.4 Å². The normalized spacial score (nSPS) is 11.6. The molecule has 0 heterocycles. The number of amides is 2. The van der Waals surface area contributed by atoms with Crippen molar-refractivity contribution in [2.45, 2.75) is 36.8 Å². The van der Waals surface area contributed by atoms with E-state index in [0.29, 0.717) is 17.9 Å². The number of hydrogen-bond donors (Lipinski definition) is 2. The van der Waals surface area contributed by atoms with Gasteiger partial charge in [-0.15, -0.1) is 11.8 Å². The van der Waals surface area contributed by atoms with E-state index in [4.69, 9.17) is 4.74 Å². The van der Waals surface area contributed by atoms with Gasteiger partial charge in [-0.2, -0.15) is 0 Å². The summed E-state index contributed by atoms with van der Waals surface area (Å²) in [6.07, 6.45) is 2.10. The lowest BCUT2D eigenvalue weighted by Crippen LogP contribution is -2.22. The topological polar surface area (TPSA) is 67.4 Å². The third-order valence-corrected chi connectivity index (χ3v) is 6.77. The second-order valence-electron chi connectivity index (χ2n) is 8.52. The Kier molecular flexibility index (Phi) is 8.63. The molecule has 2 N–H and O–H groups in total. The zero-order chi connectivity index (χ0) is 25.3. The molecule has 0 aliphatic rings. The molecule has 0 fully saturated rings. The first-order valence-corrected chi connectivity index (χ1v) is 13.0. The predicted octanol–water partition coefficient (Wildman–Crippen LogP) is 7.39. The van der Waals surface area contributed by atoms with Gasteiger partial charge in [-0.1, -0.05) is 49.7 Å². The summed E-state index contributed by atoms with van der Waals surface area (Å²) in [5.74, 6) is 0.535.